The van der Waals surface area contributed by atoms with E-state index in [2.05, 4.69) is 18.7 Å². The molecule has 1 aromatic heterocycles. The summed E-state index contributed by atoms with van der Waals surface area (Å²) in [5.74, 6) is -0.935. The molecule has 0 fully saturated rings. The quantitative estimate of drug-likeness (QED) is 0.661. The maximum atomic E-state index is 9.60. The highest BCUT2D eigenvalue weighted by Gasteiger charge is 2.03. The predicted octanol–water partition coefficient (Wildman–Crippen LogP) is 4.23. The van der Waals surface area contributed by atoms with Crippen molar-refractivity contribution in [1.82, 2.24) is 0 Å². The summed E-state index contributed by atoms with van der Waals surface area (Å²) in [5, 5.41) is 10.3. The van der Waals surface area contributed by atoms with Gasteiger partial charge in [0.1, 0.15) is 11.2 Å². The first-order chi connectivity index (χ1) is 9.09. The highest BCUT2D eigenvalue weighted by molar-refractivity contribution is 6.04. The van der Waals surface area contributed by atoms with Gasteiger partial charge in [-0.05, 0) is 19.1 Å². The van der Waals surface area contributed by atoms with Crippen molar-refractivity contribution in [3.05, 3.63) is 60.7 Å². The molecule has 3 nitrogen and oxygen atoms in total. The molecule has 0 radical (unpaired) electrons. The number of benzene rings is 2. The number of para-hydroxylation sites is 2. The Morgan fingerprint density at radius 3 is 1.74 bits per heavy atom. The summed E-state index contributed by atoms with van der Waals surface area (Å²) in [5.41, 5.74) is 2.10. The summed E-state index contributed by atoms with van der Waals surface area (Å²) in [4.78, 5) is 9.60. The molecule has 3 aromatic rings. The second-order valence-corrected chi connectivity index (χ2v) is 4.18. The SMILES string of the molecule is C=C(C)C(=O)O.c1ccc2c(c1)oc1ccccc12. The molecule has 0 bridgehead atoms. The molecular formula is C16H14O3. The summed E-state index contributed by atoms with van der Waals surface area (Å²) in [6, 6.07) is 16.2. The van der Waals surface area contributed by atoms with Crippen LogP contribution in [0.1, 0.15) is 6.92 Å². The van der Waals surface area contributed by atoms with Crippen LogP contribution in [0.2, 0.25) is 0 Å². The zero-order valence-electron chi connectivity index (χ0n) is 10.6. The Morgan fingerprint density at radius 1 is 1.00 bits per heavy atom. The van der Waals surface area contributed by atoms with Gasteiger partial charge < -0.3 is 9.52 Å². The second-order valence-electron chi connectivity index (χ2n) is 4.18. The summed E-state index contributed by atoms with van der Waals surface area (Å²) in [6.07, 6.45) is 0. The van der Waals surface area contributed by atoms with Gasteiger partial charge in [0.05, 0.1) is 0 Å². The standard InChI is InChI=1S/C12H8O.C4H6O2/c1-3-7-11-9(5-1)10-6-2-4-8-12(10)13-11;1-3(2)4(5)6/h1-8H;1H2,2H3,(H,5,6). The van der Waals surface area contributed by atoms with E-state index in [1.807, 2.05) is 36.4 Å². The van der Waals surface area contributed by atoms with Gasteiger partial charge in [0.2, 0.25) is 0 Å². The van der Waals surface area contributed by atoms with Crippen molar-refractivity contribution in [1.29, 1.82) is 0 Å². The molecule has 0 aliphatic rings. The fourth-order valence-electron chi connectivity index (χ4n) is 1.67. The zero-order valence-corrected chi connectivity index (χ0v) is 10.6. The van der Waals surface area contributed by atoms with Gasteiger partial charge in [-0.25, -0.2) is 4.79 Å². The van der Waals surface area contributed by atoms with Crippen LogP contribution in [0.3, 0.4) is 0 Å². The van der Waals surface area contributed by atoms with Gasteiger partial charge in [0.15, 0.2) is 0 Å². The first-order valence-electron chi connectivity index (χ1n) is 5.84. The molecular weight excluding hydrogens is 240 g/mol. The average Bonchev–Trinajstić information content (AvgIpc) is 2.78. The highest BCUT2D eigenvalue weighted by Crippen LogP contribution is 2.27. The number of carboxylic acids is 1. The molecule has 0 aliphatic heterocycles. The number of furan rings is 1. The van der Waals surface area contributed by atoms with Gasteiger partial charge in [-0.2, -0.15) is 0 Å². The minimum atomic E-state index is -0.935. The molecule has 3 heteroatoms. The summed E-state index contributed by atoms with van der Waals surface area (Å²) in [6.45, 7) is 4.60. The van der Waals surface area contributed by atoms with Gasteiger partial charge in [0, 0.05) is 16.3 Å². The van der Waals surface area contributed by atoms with Crippen LogP contribution in [0.25, 0.3) is 21.9 Å². The fourth-order valence-corrected chi connectivity index (χ4v) is 1.67. The third-order valence-electron chi connectivity index (χ3n) is 2.65. The van der Waals surface area contributed by atoms with Crippen molar-refractivity contribution >= 4 is 27.9 Å². The van der Waals surface area contributed by atoms with Crippen molar-refractivity contribution in [2.24, 2.45) is 0 Å². The van der Waals surface area contributed by atoms with Gasteiger partial charge >= 0.3 is 5.97 Å². The van der Waals surface area contributed by atoms with E-state index >= 15 is 0 Å². The Balaban J connectivity index is 0.000000192. The zero-order chi connectivity index (χ0) is 13.8. The third kappa shape index (κ3) is 2.83. The summed E-state index contributed by atoms with van der Waals surface area (Å²) in [7, 11) is 0. The van der Waals surface area contributed by atoms with Gasteiger partial charge in [-0.3, -0.25) is 0 Å². The molecule has 0 atom stereocenters. The minimum Gasteiger partial charge on any atom is -0.478 e. The van der Waals surface area contributed by atoms with E-state index in [0.717, 1.165) is 11.2 Å². The van der Waals surface area contributed by atoms with Crippen molar-refractivity contribution in [2.75, 3.05) is 0 Å². The molecule has 0 saturated carbocycles. The third-order valence-corrected chi connectivity index (χ3v) is 2.65. The molecule has 96 valence electrons. The summed E-state index contributed by atoms with van der Waals surface area (Å²) >= 11 is 0. The Hall–Kier alpha value is -2.55. The molecule has 19 heavy (non-hydrogen) atoms. The first-order valence-corrected chi connectivity index (χ1v) is 5.84. The lowest BCUT2D eigenvalue weighted by molar-refractivity contribution is -0.132. The average molecular weight is 254 g/mol. The van der Waals surface area contributed by atoms with Crippen LogP contribution >= 0.6 is 0 Å². The molecule has 1 heterocycles. The molecule has 0 saturated heterocycles. The van der Waals surface area contributed by atoms with E-state index in [0.29, 0.717) is 0 Å². The molecule has 0 spiro atoms. The summed E-state index contributed by atoms with van der Waals surface area (Å²) < 4.78 is 5.65. The fraction of sp³-hybridized carbons (Fsp3) is 0.0625. The van der Waals surface area contributed by atoms with Crippen LogP contribution < -0.4 is 0 Å². The molecule has 3 rings (SSSR count). The topological polar surface area (TPSA) is 50.4 Å². The maximum absolute atomic E-state index is 9.60. The number of hydrogen-bond donors (Lipinski definition) is 1. The first kappa shape index (κ1) is 12.9. The number of fused-ring (bicyclic) bond motifs is 3. The van der Waals surface area contributed by atoms with E-state index < -0.39 is 5.97 Å². The number of hydrogen-bond acceptors (Lipinski definition) is 2. The number of carboxylic acid groups (broad SMARTS) is 1. The van der Waals surface area contributed by atoms with Crippen LogP contribution in [-0.2, 0) is 4.79 Å². The van der Waals surface area contributed by atoms with E-state index in [-0.39, 0.29) is 5.57 Å². The van der Waals surface area contributed by atoms with Crippen molar-refractivity contribution in [2.45, 2.75) is 6.92 Å². The molecule has 1 N–H and O–H groups in total. The van der Waals surface area contributed by atoms with Gasteiger partial charge in [0.25, 0.3) is 0 Å². The minimum absolute atomic E-state index is 0.176. The Labute approximate surface area is 110 Å². The van der Waals surface area contributed by atoms with Crippen LogP contribution in [0, 0.1) is 0 Å². The van der Waals surface area contributed by atoms with E-state index in [1.165, 1.54) is 17.7 Å². The largest absolute Gasteiger partial charge is 0.478 e. The normalized spacial score (nSPS) is 9.95. The molecule has 0 unspecified atom stereocenters. The van der Waals surface area contributed by atoms with E-state index in [4.69, 9.17) is 9.52 Å². The van der Waals surface area contributed by atoms with Crippen LogP contribution in [0.4, 0.5) is 0 Å². The lowest BCUT2D eigenvalue weighted by Crippen LogP contribution is -1.92. The van der Waals surface area contributed by atoms with Gasteiger partial charge in [-0.1, -0.05) is 43.0 Å². The second kappa shape index (κ2) is 5.40. The highest BCUT2D eigenvalue weighted by atomic mass is 16.4. The van der Waals surface area contributed by atoms with Crippen molar-refractivity contribution in [3.8, 4) is 0 Å². The Kier molecular flexibility index (Phi) is 3.66. The smallest absolute Gasteiger partial charge is 0.330 e. The van der Waals surface area contributed by atoms with Crippen molar-refractivity contribution < 1.29 is 14.3 Å². The number of aliphatic carboxylic acids is 1. The van der Waals surface area contributed by atoms with Crippen molar-refractivity contribution in [3.63, 3.8) is 0 Å². The molecule has 2 aromatic carbocycles. The number of carbonyl (C=O) groups is 1. The Bertz CT molecular complexity index is 675. The lowest BCUT2D eigenvalue weighted by atomic mass is 10.2. The van der Waals surface area contributed by atoms with E-state index in [9.17, 15) is 4.79 Å². The maximum Gasteiger partial charge on any atom is 0.330 e. The van der Waals surface area contributed by atoms with Gasteiger partial charge in [-0.15, -0.1) is 0 Å². The molecule has 0 amide bonds. The Morgan fingerprint density at radius 2 is 1.37 bits per heavy atom. The van der Waals surface area contributed by atoms with Crippen LogP contribution in [-0.4, -0.2) is 11.1 Å². The molecule has 0 aliphatic carbocycles. The van der Waals surface area contributed by atoms with E-state index in [1.54, 1.807) is 0 Å². The van der Waals surface area contributed by atoms with Crippen LogP contribution in [0.15, 0.2) is 65.1 Å². The van der Waals surface area contributed by atoms with Crippen LogP contribution in [0.5, 0.6) is 0 Å². The predicted molar refractivity (Wildman–Crippen MR) is 76.2 cm³/mol. The lowest BCUT2D eigenvalue weighted by Gasteiger charge is -1.85. The monoisotopic (exact) mass is 254 g/mol. The number of rotatable bonds is 1.